The predicted molar refractivity (Wildman–Crippen MR) is 97.8 cm³/mol. The second kappa shape index (κ2) is 8.33. The minimum atomic E-state index is 0.117. The van der Waals surface area contributed by atoms with E-state index in [0.29, 0.717) is 23.6 Å². The molecule has 0 spiro atoms. The molecule has 130 valence electrons. The number of rotatable bonds is 6. The summed E-state index contributed by atoms with van der Waals surface area (Å²) in [5, 5.41) is 5.56. The summed E-state index contributed by atoms with van der Waals surface area (Å²) in [6.07, 6.45) is 6.14. The highest BCUT2D eigenvalue weighted by Gasteiger charge is 2.20. The van der Waals surface area contributed by atoms with Crippen molar-refractivity contribution in [1.29, 1.82) is 0 Å². The third-order valence-electron chi connectivity index (χ3n) is 4.41. The average Bonchev–Trinajstić information content (AvgIpc) is 2.66. The molecular formula is C20H22N2O3. The highest BCUT2D eigenvalue weighted by atomic mass is 16.5. The van der Waals surface area contributed by atoms with E-state index in [1.165, 1.54) is 6.42 Å². The molecule has 0 heterocycles. The van der Waals surface area contributed by atoms with E-state index in [-0.39, 0.29) is 11.8 Å². The van der Waals surface area contributed by atoms with Crippen LogP contribution in [0.15, 0.2) is 48.5 Å². The summed E-state index contributed by atoms with van der Waals surface area (Å²) >= 11 is 0. The van der Waals surface area contributed by atoms with Crippen LogP contribution >= 0.6 is 0 Å². The van der Waals surface area contributed by atoms with Crippen molar-refractivity contribution in [3.63, 3.8) is 0 Å². The highest BCUT2D eigenvalue weighted by Crippen LogP contribution is 2.27. The molecule has 1 aliphatic carbocycles. The van der Waals surface area contributed by atoms with Crippen LogP contribution in [0.4, 0.5) is 11.4 Å². The van der Waals surface area contributed by atoms with Gasteiger partial charge < -0.3 is 15.4 Å². The molecule has 0 aromatic heterocycles. The summed E-state index contributed by atoms with van der Waals surface area (Å²) in [6.45, 7) is 0. The van der Waals surface area contributed by atoms with E-state index in [0.717, 1.165) is 31.4 Å². The lowest BCUT2D eigenvalue weighted by molar-refractivity contribution is -0.120. The molecule has 5 nitrogen and oxygen atoms in total. The Bertz CT molecular complexity index is 705. The van der Waals surface area contributed by atoms with Crippen molar-refractivity contribution in [2.45, 2.75) is 32.1 Å². The monoisotopic (exact) mass is 338 g/mol. The molecule has 3 rings (SSSR count). The second-order valence-corrected chi connectivity index (χ2v) is 6.24. The first kappa shape index (κ1) is 17.0. The Hall–Kier alpha value is -2.82. The second-order valence-electron chi connectivity index (χ2n) is 6.24. The Labute approximate surface area is 147 Å². The van der Waals surface area contributed by atoms with Gasteiger partial charge in [-0.25, -0.2) is 0 Å². The van der Waals surface area contributed by atoms with Crippen LogP contribution in [0.5, 0.6) is 11.5 Å². The predicted octanol–water partition coefficient (Wildman–Crippen LogP) is 4.57. The van der Waals surface area contributed by atoms with E-state index < -0.39 is 0 Å². The summed E-state index contributed by atoms with van der Waals surface area (Å²) in [4.78, 5) is 22.6. The van der Waals surface area contributed by atoms with E-state index >= 15 is 0 Å². The third-order valence-corrected chi connectivity index (χ3v) is 4.41. The van der Waals surface area contributed by atoms with Gasteiger partial charge in [-0.05, 0) is 61.4 Å². The number of nitrogens with one attached hydrogen (secondary N) is 2. The Balaban J connectivity index is 1.56. The zero-order valence-corrected chi connectivity index (χ0v) is 14.0. The fourth-order valence-electron chi connectivity index (χ4n) is 3.04. The molecule has 1 saturated carbocycles. The summed E-state index contributed by atoms with van der Waals surface area (Å²) in [7, 11) is 0. The molecule has 2 aromatic carbocycles. The number of ether oxygens (including phenoxy) is 1. The molecule has 0 radical (unpaired) electrons. The Morgan fingerprint density at radius 2 is 1.44 bits per heavy atom. The third kappa shape index (κ3) is 4.83. The molecule has 1 aliphatic rings. The number of carbonyl (C=O) groups excluding carboxylic acids is 2. The van der Waals surface area contributed by atoms with Crippen molar-refractivity contribution in [1.82, 2.24) is 0 Å². The van der Waals surface area contributed by atoms with Crippen molar-refractivity contribution in [2.75, 3.05) is 10.6 Å². The Morgan fingerprint density at radius 3 is 2.00 bits per heavy atom. The van der Waals surface area contributed by atoms with Gasteiger partial charge in [0.15, 0.2) is 0 Å². The Kier molecular flexibility index (Phi) is 5.67. The first-order chi connectivity index (χ1) is 12.2. The standard InChI is InChI=1S/C20H22N2O3/c23-14-21-16-6-10-18(11-7-16)25-19-12-8-17(9-13-19)22-20(24)15-4-2-1-3-5-15/h6-15H,1-5H2,(H,21,23)(H,22,24). The van der Waals surface area contributed by atoms with Gasteiger partial charge in [0.05, 0.1) is 0 Å². The van der Waals surface area contributed by atoms with Gasteiger partial charge in [-0.2, -0.15) is 0 Å². The summed E-state index contributed by atoms with van der Waals surface area (Å²) in [6, 6.07) is 14.4. The van der Waals surface area contributed by atoms with Crippen LogP contribution in [-0.2, 0) is 9.59 Å². The van der Waals surface area contributed by atoms with Crippen LogP contribution < -0.4 is 15.4 Å². The average molecular weight is 338 g/mol. The number of carbonyl (C=O) groups is 2. The maximum absolute atomic E-state index is 12.3. The lowest BCUT2D eigenvalue weighted by Crippen LogP contribution is -2.24. The minimum absolute atomic E-state index is 0.117. The largest absolute Gasteiger partial charge is 0.457 e. The molecule has 0 aliphatic heterocycles. The summed E-state index contributed by atoms with van der Waals surface area (Å²) in [5.74, 6) is 1.62. The number of hydrogen-bond acceptors (Lipinski definition) is 3. The zero-order valence-electron chi connectivity index (χ0n) is 14.0. The lowest BCUT2D eigenvalue weighted by Gasteiger charge is -2.20. The minimum Gasteiger partial charge on any atom is -0.457 e. The Morgan fingerprint density at radius 1 is 0.880 bits per heavy atom. The van der Waals surface area contributed by atoms with Crippen molar-refractivity contribution in [3.05, 3.63) is 48.5 Å². The van der Waals surface area contributed by atoms with Crippen LogP contribution in [0.1, 0.15) is 32.1 Å². The molecule has 0 atom stereocenters. The first-order valence-electron chi connectivity index (χ1n) is 8.63. The van der Waals surface area contributed by atoms with Gasteiger partial charge in [0.25, 0.3) is 0 Å². The smallest absolute Gasteiger partial charge is 0.227 e. The fraction of sp³-hybridized carbons (Fsp3) is 0.300. The van der Waals surface area contributed by atoms with Crippen molar-refractivity contribution in [3.8, 4) is 11.5 Å². The number of amides is 2. The molecule has 5 heteroatoms. The van der Waals surface area contributed by atoms with Crippen LogP contribution in [0.3, 0.4) is 0 Å². The van der Waals surface area contributed by atoms with Gasteiger partial charge in [-0.1, -0.05) is 19.3 Å². The lowest BCUT2D eigenvalue weighted by atomic mass is 9.88. The van der Waals surface area contributed by atoms with Gasteiger partial charge in [-0.3, -0.25) is 9.59 Å². The molecule has 2 aromatic rings. The molecule has 2 N–H and O–H groups in total. The van der Waals surface area contributed by atoms with E-state index in [9.17, 15) is 9.59 Å². The SMILES string of the molecule is O=CNc1ccc(Oc2ccc(NC(=O)C3CCCCC3)cc2)cc1. The molecule has 0 saturated heterocycles. The van der Waals surface area contributed by atoms with Gasteiger partial charge in [0, 0.05) is 17.3 Å². The van der Waals surface area contributed by atoms with Gasteiger partial charge >= 0.3 is 0 Å². The molecular weight excluding hydrogens is 316 g/mol. The summed E-state index contributed by atoms with van der Waals surface area (Å²) in [5.41, 5.74) is 1.50. The van der Waals surface area contributed by atoms with E-state index in [1.54, 1.807) is 24.3 Å². The van der Waals surface area contributed by atoms with Gasteiger partial charge in [0.2, 0.25) is 12.3 Å². The van der Waals surface area contributed by atoms with Crippen molar-refractivity contribution < 1.29 is 14.3 Å². The quantitative estimate of drug-likeness (QED) is 0.758. The van der Waals surface area contributed by atoms with Crippen LogP contribution in [-0.4, -0.2) is 12.3 Å². The van der Waals surface area contributed by atoms with Crippen LogP contribution in [0, 0.1) is 5.92 Å². The number of anilines is 2. The van der Waals surface area contributed by atoms with E-state index in [2.05, 4.69) is 10.6 Å². The van der Waals surface area contributed by atoms with Crippen molar-refractivity contribution in [2.24, 2.45) is 5.92 Å². The molecule has 0 bridgehead atoms. The van der Waals surface area contributed by atoms with E-state index in [1.807, 2.05) is 24.3 Å². The first-order valence-corrected chi connectivity index (χ1v) is 8.63. The van der Waals surface area contributed by atoms with Crippen LogP contribution in [0.25, 0.3) is 0 Å². The topological polar surface area (TPSA) is 67.4 Å². The molecule has 0 unspecified atom stereocenters. The maximum Gasteiger partial charge on any atom is 0.227 e. The maximum atomic E-state index is 12.3. The normalized spacial score (nSPS) is 14.6. The van der Waals surface area contributed by atoms with Crippen LogP contribution in [0.2, 0.25) is 0 Å². The zero-order chi connectivity index (χ0) is 17.5. The van der Waals surface area contributed by atoms with Crippen molar-refractivity contribution >= 4 is 23.7 Å². The molecule has 1 fully saturated rings. The molecule has 25 heavy (non-hydrogen) atoms. The van der Waals surface area contributed by atoms with Gasteiger partial charge in [-0.15, -0.1) is 0 Å². The number of benzene rings is 2. The summed E-state index contributed by atoms with van der Waals surface area (Å²) < 4.78 is 5.76. The highest BCUT2D eigenvalue weighted by molar-refractivity contribution is 5.92. The van der Waals surface area contributed by atoms with Gasteiger partial charge in [0.1, 0.15) is 11.5 Å². The molecule has 2 amide bonds. The fourth-order valence-corrected chi connectivity index (χ4v) is 3.04. The van der Waals surface area contributed by atoms with E-state index in [4.69, 9.17) is 4.74 Å². The number of hydrogen-bond donors (Lipinski definition) is 2.